The lowest BCUT2D eigenvalue weighted by Gasteiger charge is -2.21. The van der Waals surface area contributed by atoms with Gasteiger partial charge in [-0.1, -0.05) is 6.92 Å². The number of nitrogens with one attached hydrogen (secondary N) is 1. The molecule has 0 aromatic carbocycles. The van der Waals surface area contributed by atoms with Gasteiger partial charge in [-0.25, -0.2) is 9.97 Å². The molecule has 1 saturated heterocycles. The maximum atomic E-state index is 11.6. The van der Waals surface area contributed by atoms with Crippen molar-refractivity contribution in [3.63, 3.8) is 0 Å². The molecule has 0 aliphatic carbocycles. The van der Waals surface area contributed by atoms with Crippen LogP contribution in [0, 0.1) is 5.92 Å². The molecular formula is C14H18N4OS. The van der Waals surface area contributed by atoms with Crippen molar-refractivity contribution >= 4 is 33.3 Å². The normalized spacial score (nSPS) is 16.9. The second-order valence-electron chi connectivity index (χ2n) is 5.29. The Labute approximate surface area is 122 Å². The van der Waals surface area contributed by atoms with Gasteiger partial charge in [0.25, 0.3) is 0 Å². The predicted molar refractivity (Wildman–Crippen MR) is 80.9 cm³/mol. The number of anilines is 1. The molecule has 0 saturated carbocycles. The van der Waals surface area contributed by atoms with E-state index in [4.69, 9.17) is 0 Å². The van der Waals surface area contributed by atoms with E-state index < -0.39 is 0 Å². The summed E-state index contributed by atoms with van der Waals surface area (Å²) in [5.74, 6) is 1.59. The van der Waals surface area contributed by atoms with Gasteiger partial charge in [0.15, 0.2) is 0 Å². The highest BCUT2D eigenvalue weighted by Gasteiger charge is 2.21. The van der Waals surface area contributed by atoms with Crippen LogP contribution in [0.5, 0.6) is 0 Å². The molecule has 1 atom stereocenters. The smallest absolute Gasteiger partial charge is 0.222 e. The van der Waals surface area contributed by atoms with E-state index >= 15 is 0 Å². The number of likely N-dealkylation sites (tertiary alicyclic amines) is 1. The van der Waals surface area contributed by atoms with Gasteiger partial charge < -0.3 is 10.2 Å². The van der Waals surface area contributed by atoms with Crippen molar-refractivity contribution < 1.29 is 4.79 Å². The topological polar surface area (TPSA) is 58.1 Å². The fraction of sp³-hybridized carbons (Fsp3) is 0.500. The minimum Gasteiger partial charge on any atom is -0.368 e. The molecule has 5 nitrogen and oxygen atoms in total. The zero-order valence-corrected chi connectivity index (χ0v) is 12.3. The molecule has 6 heteroatoms. The summed E-state index contributed by atoms with van der Waals surface area (Å²) in [6, 6.07) is 2.00. The number of hydrogen-bond donors (Lipinski definition) is 1. The van der Waals surface area contributed by atoms with E-state index in [9.17, 15) is 4.79 Å². The summed E-state index contributed by atoms with van der Waals surface area (Å²) in [5.41, 5.74) is 0.981. The van der Waals surface area contributed by atoms with Crippen molar-refractivity contribution in [2.75, 3.05) is 25.0 Å². The standard InChI is InChI=1S/C14H18N4OS/c1-10(8-18-5-2-3-12(18)19)7-15-14-13-11(4-6-20-13)16-9-17-14/h4,6,9-10H,2-3,5,7-8H2,1H3,(H,15,16,17). The van der Waals surface area contributed by atoms with E-state index in [0.717, 1.165) is 42.1 Å². The Kier molecular flexibility index (Phi) is 3.82. The van der Waals surface area contributed by atoms with Crippen molar-refractivity contribution in [3.05, 3.63) is 17.8 Å². The summed E-state index contributed by atoms with van der Waals surface area (Å²) >= 11 is 1.65. The van der Waals surface area contributed by atoms with Crippen LogP contribution in [0.2, 0.25) is 0 Å². The van der Waals surface area contributed by atoms with Crippen LogP contribution >= 0.6 is 11.3 Å². The van der Waals surface area contributed by atoms with Crippen molar-refractivity contribution in [2.45, 2.75) is 19.8 Å². The Morgan fingerprint density at radius 3 is 3.20 bits per heavy atom. The largest absolute Gasteiger partial charge is 0.368 e. The molecule has 1 aliphatic rings. The molecule has 1 aliphatic heterocycles. The minimum atomic E-state index is 0.291. The van der Waals surface area contributed by atoms with Gasteiger partial charge in [0.05, 0.1) is 10.2 Å². The molecular weight excluding hydrogens is 272 g/mol. The molecule has 20 heavy (non-hydrogen) atoms. The van der Waals surface area contributed by atoms with E-state index in [-0.39, 0.29) is 0 Å². The molecule has 106 valence electrons. The van der Waals surface area contributed by atoms with Gasteiger partial charge in [0.2, 0.25) is 5.91 Å². The van der Waals surface area contributed by atoms with Crippen LogP contribution in [0.3, 0.4) is 0 Å². The first kappa shape index (κ1) is 13.3. The molecule has 2 aromatic heterocycles. The van der Waals surface area contributed by atoms with Gasteiger partial charge in [0.1, 0.15) is 12.1 Å². The van der Waals surface area contributed by atoms with Crippen LogP contribution in [0.15, 0.2) is 17.8 Å². The maximum absolute atomic E-state index is 11.6. The first-order valence-electron chi connectivity index (χ1n) is 6.94. The fourth-order valence-corrected chi connectivity index (χ4v) is 3.33. The third-order valence-electron chi connectivity index (χ3n) is 3.56. The van der Waals surface area contributed by atoms with Crippen LogP contribution in [0.25, 0.3) is 10.2 Å². The quantitative estimate of drug-likeness (QED) is 0.918. The fourth-order valence-electron chi connectivity index (χ4n) is 2.52. The molecule has 0 bridgehead atoms. The van der Waals surface area contributed by atoms with Gasteiger partial charge in [-0.15, -0.1) is 11.3 Å². The van der Waals surface area contributed by atoms with E-state index in [0.29, 0.717) is 18.2 Å². The average molecular weight is 290 g/mol. The zero-order valence-electron chi connectivity index (χ0n) is 11.5. The Hall–Kier alpha value is -1.69. The average Bonchev–Trinajstić information content (AvgIpc) is 3.06. The van der Waals surface area contributed by atoms with Crippen molar-refractivity contribution in [1.82, 2.24) is 14.9 Å². The second-order valence-corrected chi connectivity index (χ2v) is 6.20. The molecule has 1 unspecified atom stereocenters. The third kappa shape index (κ3) is 2.75. The predicted octanol–water partition coefficient (Wildman–Crippen LogP) is 2.36. The molecule has 1 N–H and O–H groups in total. The van der Waals surface area contributed by atoms with Gasteiger partial charge in [-0.05, 0) is 23.8 Å². The number of carbonyl (C=O) groups is 1. The van der Waals surface area contributed by atoms with E-state index in [1.807, 2.05) is 16.3 Å². The Morgan fingerprint density at radius 1 is 1.50 bits per heavy atom. The van der Waals surface area contributed by atoms with Crippen LogP contribution in [-0.4, -0.2) is 40.4 Å². The highest BCUT2D eigenvalue weighted by Crippen LogP contribution is 2.25. The summed E-state index contributed by atoms with van der Waals surface area (Å²) in [5, 5.41) is 5.41. The van der Waals surface area contributed by atoms with Gasteiger partial charge >= 0.3 is 0 Å². The maximum Gasteiger partial charge on any atom is 0.222 e. The van der Waals surface area contributed by atoms with Crippen LogP contribution in [0.1, 0.15) is 19.8 Å². The second kappa shape index (κ2) is 5.75. The summed E-state index contributed by atoms with van der Waals surface area (Å²) in [6.45, 7) is 4.70. The monoisotopic (exact) mass is 290 g/mol. The molecule has 3 heterocycles. The molecule has 2 aromatic rings. The number of nitrogens with zero attached hydrogens (tertiary/aromatic N) is 3. The molecule has 3 rings (SSSR count). The summed E-state index contributed by atoms with van der Waals surface area (Å²) in [7, 11) is 0. The molecule has 0 radical (unpaired) electrons. The number of hydrogen-bond acceptors (Lipinski definition) is 5. The SMILES string of the molecule is CC(CNc1ncnc2ccsc12)CN1CCCC1=O. The van der Waals surface area contributed by atoms with Crippen molar-refractivity contribution in [3.8, 4) is 0 Å². The summed E-state index contributed by atoms with van der Waals surface area (Å²) in [6.07, 6.45) is 3.30. The van der Waals surface area contributed by atoms with Crippen LogP contribution < -0.4 is 5.32 Å². The highest BCUT2D eigenvalue weighted by molar-refractivity contribution is 7.17. The number of thiophene rings is 1. The number of amides is 1. The number of aromatic nitrogens is 2. The Balaban J connectivity index is 1.58. The van der Waals surface area contributed by atoms with Gasteiger partial charge in [-0.3, -0.25) is 4.79 Å². The summed E-state index contributed by atoms with van der Waals surface area (Å²) in [4.78, 5) is 22.1. The molecule has 0 spiro atoms. The van der Waals surface area contributed by atoms with E-state index in [1.165, 1.54) is 0 Å². The third-order valence-corrected chi connectivity index (χ3v) is 4.47. The number of carbonyl (C=O) groups excluding carboxylic acids is 1. The number of rotatable bonds is 5. The van der Waals surface area contributed by atoms with E-state index in [1.54, 1.807) is 17.7 Å². The first-order valence-corrected chi connectivity index (χ1v) is 7.82. The molecule has 1 amide bonds. The molecule has 1 fully saturated rings. The Bertz CT molecular complexity index is 612. The highest BCUT2D eigenvalue weighted by atomic mass is 32.1. The number of fused-ring (bicyclic) bond motifs is 1. The van der Waals surface area contributed by atoms with Gasteiger partial charge in [0, 0.05) is 26.1 Å². The first-order chi connectivity index (χ1) is 9.74. The minimum absolute atomic E-state index is 0.291. The van der Waals surface area contributed by atoms with Crippen molar-refractivity contribution in [1.29, 1.82) is 0 Å². The summed E-state index contributed by atoms with van der Waals surface area (Å²) < 4.78 is 1.09. The van der Waals surface area contributed by atoms with E-state index in [2.05, 4.69) is 22.2 Å². The van der Waals surface area contributed by atoms with Crippen LogP contribution in [-0.2, 0) is 4.79 Å². The van der Waals surface area contributed by atoms with Crippen molar-refractivity contribution in [2.24, 2.45) is 5.92 Å². The Morgan fingerprint density at radius 2 is 2.40 bits per heavy atom. The lowest BCUT2D eigenvalue weighted by atomic mass is 10.1. The lowest BCUT2D eigenvalue weighted by Crippen LogP contribution is -2.32. The van der Waals surface area contributed by atoms with Gasteiger partial charge in [-0.2, -0.15) is 0 Å². The zero-order chi connectivity index (χ0) is 13.9. The lowest BCUT2D eigenvalue weighted by molar-refractivity contribution is -0.128. The van der Waals surface area contributed by atoms with Crippen LogP contribution in [0.4, 0.5) is 5.82 Å².